The van der Waals surface area contributed by atoms with Crippen LogP contribution in [-0.2, 0) is 14.8 Å². The zero-order valence-corrected chi connectivity index (χ0v) is 22.6. The minimum Gasteiger partial charge on any atom is -0.490 e. The van der Waals surface area contributed by atoms with Gasteiger partial charge in [0.05, 0.1) is 30.0 Å². The molecule has 0 bridgehead atoms. The Labute approximate surface area is 222 Å². The van der Waals surface area contributed by atoms with Crippen molar-refractivity contribution in [3.05, 3.63) is 82.9 Å². The number of nitrogens with one attached hydrogen (secondary N) is 1. The zero-order chi connectivity index (χ0) is 26.8. The number of benzene rings is 3. The number of anilines is 1. The molecule has 8 nitrogen and oxygen atoms in total. The first-order valence-electron chi connectivity index (χ1n) is 11.8. The highest BCUT2D eigenvalue weighted by molar-refractivity contribution is 7.92. The fraction of sp³-hybridized carbons (Fsp3) is 0.259. The SMILES string of the molecule is CCCOc1ccc(/C=N\NC(=O)CN(c2ccc(Cl)cc2)S(=O)(=O)c2ccc(C)cc2)cc1OCC. The number of hydrogen-bond acceptors (Lipinski definition) is 6. The van der Waals surface area contributed by atoms with Crippen molar-refractivity contribution in [2.45, 2.75) is 32.1 Å². The molecule has 0 radical (unpaired) electrons. The first-order chi connectivity index (χ1) is 17.7. The quantitative estimate of drug-likeness (QED) is 0.251. The molecule has 0 aliphatic carbocycles. The molecule has 0 aliphatic rings. The van der Waals surface area contributed by atoms with Crippen molar-refractivity contribution < 1.29 is 22.7 Å². The first-order valence-corrected chi connectivity index (χ1v) is 13.6. The molecule has 3 rings (SSSR count). The van der Waals surface area contributed by atoms with E-state index in [-0.39, 0.29) is 4.90 Å². The maximum Gasteiger partial charge on any atom is 0.264 e. The van der Waals surface area contributed by atoms with Gasteiger partial charge in [-0.3, -0.25) is 9.10 Å². The maximum absolute atomic E-state index is 13.4. The molecule has 0 atom stereocenters. The van der Waals surface area contributed by atoms with Crippen molar-refractivity contribution >= 4 is 39.4 Å². The summed E-state index contributed by atoms with van der Waals surface area (Å²) in [6, 6.07) is 17.9. The van der Waals surface area contributed by atoms with Crippen LogP contribution < -0.4 is 19.2 Å². The van der Waals surface area contributed by atoms with Gasteiger partial charge >= 0.3 is 0 Å². The first kappa shape index (κ1) is 28.0. The highest BCUT2D eigenvalue weighted by atomic mass is 35.5. The second-order valence-corrected chi connectivity index (χ2v) is 10.4. The maximum atomic E-state index is 13.4. The van der Waals surface area contributed by atoms with E-state index < -0.39 is 22.5 Å². The Kier molecular flexibility index (Phi) is 9.93. The number of halogens is 1. The van der Waals surface area contributed by atoms with E-state index in [1.165, 1.54) is 18.3 Å². The fourth-order valence-corrected chi connectivity index (χ4v) is 4.86. The average Bonchev–Trinajstić information content (AvgIpc) is 2.88. The molecule has 1 N–H and O–H groups in total. The summed E-state index contributed by atoms with van der Waals surface area (Å²) in [5, 5.41) is 4.45. The lowest BCUT2D eigenvalue weighted by Gasteiger charge is -2.23. The number of rotatable bonds is 12. The number of ether oxygens (including phenoxy) is 2. The van der Waals surface area contributed by atoms with Crippen molar-refractivity contribution in [1.29, 1.82) is 0 Å². The van der Waals surface area contributed by atoms with Gasteiger partial charge in [-0.1, -0.05) is 36.2 Å². The molecular formula is C27H30ClN3O5S. The van der Waals surface area contributed by atoms with Crippen LogP contribution in [0.4, 0.5) is 5.69 Å². The molecule has 37 heavy (non-hydrogen) atoms. The van der Waals surface area contributed by atoms with Gasteiger partial charge in [0.25, 0.3) is 15.9 Å². The van der Waals surface area contributed by atoms with E-state index in [4.69, 9.17) is 21.1 Å². The summed E-state index contributed by atoms with van der Waals surface area (Å²) < 4.78 is 39.2. The molecule has 0 aromatic heterocycles. The topological polar surface area (TPSA) is 97.3 Å². The van der Waals surface area contributed by atoms with Crippen LogP contribution in [0.3, 0.4) is 0 Å². The van der Waals surface area contributed by atoms with E-state index in [1.807, 2.05) is 20.8 Å². The highest BCUT2D eigenvalue weighted by Gasteiger charge is 2.27. The highest BCUT2D eigenvalue weighted by Crippen LogP contribution is 2.28. The molecule has 3 aromatic carbocycles. The van der Waals surface area contributed by atoms with Crippen LogP contribution in [0.1, 0.15) is 31.4 Å². The standard InChI is InChI=1S/C27H30ClN3O5S/c1-4-16-36-25-15-8-21(17-26(25)35-5-2)18-29-30-27(32)19-31(23-11-9-22(28)10-12-23)37(33,34)24-13-6-20(3)7-14-24/h6-15,17-18H,4-5,16,19H2,1-3H3,(H,30,32)/b29-18-. The lowest BCUT2D eigenvalue weighted by Crippen LogP contribution is -2.39. The Bertz CT molecular complexity index is 1330. The summed E-state index contributed by atoms with van der Waals surface area (Å²) in [4.78, 5) is 12.8. The fourth-order valence-electron chi connectivity index (χ4n) is 3.31. The van der Waals surface area contributed by atoms with Crippen molar-refractivity contribution in [1.82, 2.24) is 5.43 Å². The van der Waals surface area contributed by atoms with Gasteiger partial charge in [-0.15, -0.1) is 0 Å². The number of nitrogens with zero attached hydrogens (tertiary/aromatic N) is 2. The van der Waals surface area contributed by atoms with E-state index in [9.17, 15) is 13.2 Å². The molecule has 0 aliphatic heterocycles. The van der Waals surface area contributed by atoms with E-state index in [0.29, 0.717) is 41.0 Å². The molecule has 0 saturated heterocycles. The van der Waals surface area contributed by atoms with Crippen molar-refractivity contribution in [2.75, 3.05) is 24.1 Å². The predicted octanol–water partition coefficient (Wildman–Crippen LogP) is 5.18. The second kappa shape index (κ2) is 13.1. The summed E-state index contributed by atoms with van der Waals surface area (Å²) >= 11 is 5.98. The number of aryl methyl sites for hydroxylation is 1. The number of carbonyl (C=O) groups excluding carboxylic acids is 1. The van der Waals surface area contributed by atoms with Crippen LogP contribution in [0, 0.1) is 6.92 Å². The molecule has 1 amide bonds. The Balaban J connectivity index is 1.78. The summed E-state index contributed by atoms with van der Waals surface area (Å²) in [5.74, 6) is 0.587. The van der Waals surface area contributed by atoms with Gasteiger partial charge in [0.2, 0.25) is 0 Å². The zero-order valence-electron chi connectivity index (χ0n) is 21.0. The van der Waals surface area contributed by atoms with Crippen LogP contribution in [0.5, 0.6) is 11.5 Å². The molecule has 10 heteroatoms. The van der Waals surface area contributed by atoms with Crippen LogP contribution in [0.2, 0.25) is 5.02 Å². The molecule has 196 valence electrons. The number of hydrazone groups is 1. The smallest absolute Gasteiger partial charge is 0.264 e. The second-order valence-electron chi connectivity index (χ2n) is 8.08. The van der Waals surface area contributed by atoms with Crippen LogP contribution >= 0.6 is 11.6 Å². The van der Waals surface area contributed by atoms with Gasteiger partial charge in [-0.2, -0.15) is 5.10 Å². The number of carbonyl (C=O) groups is 1. The number of amides is 1. The van der Waals surface area contributed by atoms with Crippen molar-refractivity contribution in [2.24, 2.45) is 5.10 Å². The number of sulfonamides is 1. The van der Waals surface area contributed by atoms with E-state index in [2.05, 4.69) is 10.5 Å². The molecular weight excluding hydrogens is 514 g/mol. The van der Waals surface area contributed by atoms with E-state index >= 15 is 0 Å². The molecule has 0 unspecified atom stereocenters. The van der Waals surface area contributed by atoms with Crippen LogP contribution in [-0.4, -0.2) is 40.3 Å². The van der Waals surface area contributed by atoms with Gasteiger partial charge < -0.3 is 9.47 Å². The van der Waals surface area contributed by atoms with Crippen molar-refractivity contribution in [3.63, 3.8) is 0 Å². The molecule has 0 saturated carbocycles. The molecule has 0 fully saturated rings. The van der Waals surface area contributed by atoms with Gasteiger partial charge in [-0.05, 0) is 80.4 Å². The predicted molar refractivity (Wildman–Crippen MR) is 146 cm³/mol. The monoisotopic (exact) mass is 543 g/mol. The lowest BCUT2D eigenvalue weighted by atomic mass is 10.2. The molecule has 3 aromatic rings. The van der Waals surface area contributed by atoms with E-state index in [1.54, 1.807) is 54.6 Å². The van der Waals surface area contributed by atoms with Gasteiger partial charge in [0.15, 0.2) is 11.5 Å². The average molecular weight is 544 g/mol. The number of hydrogen-bond donors (Lipinski definition) is 1. The summed E-state index contributed by atoms with van der Waals surface area (Å²) in [7, 11) is -4.03. The van der Waals surface area contributed by atoms with Crippen LogP contribution in [0.15, 0.2) is 76.7 Å². The van der Waals surface area contributed by atoms with Crippen molar-refractivity contribution in [3.8, 4) is 11.5 Å². The Hall–Kier alpha value is -3.56. The molecule has 0 heterocycles. The summed E-state index contributed by atoms with van der Waals surface area (Å²) in [6.07, 6.45) is 2.32. The van der Waals surface area contributed by atoms with Crippen LogP contribution in [0.25, 0.3) is 0 Å². The minimum atomic E-state index is -4.03. The third kappa shape index (κ3) is 7.71. The normalized spacial score (nSPS) is 11.4. The van der Waals surface area contributed by atoms with E-state index in [0.717, 1.165) is 16.3 Å². The third-order valence-electron chi connectivity index (χ3n) is 5.14. The minimum absolute atomic E-state index is 0.0678. The lowest BCUT2D eigenvalue weighted by molar-refractivity contribution is -0.119. The third-order valence-corrected chi connectivity index (χ3v) is 7.18. The molecule has 0 spiro atoms. The summed E-state index contributed by atoms with van der Waals surface area (Å²) in [6.45, 7) is 6.31. The Morgan fingerprint density at radius 1 is 1.00 bits per heavy atom. The Morgan fingerprint density at radius 2 is 1.70 bits per heavy atom. The van der Waals surface area contributed by atoms with Gasteiger partial charge in [-0.25, -0.2) is 13.8 Å². The van der Waals surface area contributed by atoms with Gasteiger partial charge in [0, 0.05) is 5.02 Å². The Morgan fingerprint density at radius 3 is 2.35 bits per heavy atom. The largest absolute Gasteiger partial charge is 0.490 e. The van der Waals surface area contributed by atoms with Gasteiger partial charge in [0.1, 0.15) is 6.54 Å². The summed E-state index contributed by atoms with van der Waals surface area (Å²) in [5.41, 5.74) is 4.29.